The highest BCUT2D eigenvalue weighted by Crippen LogP contribution is 2.30. The van der Waals surface area contributed by atoms with Crippen molar-refractivity contribution in [2.24, 2.45) is 0 Å². The number of thioether (sulfide) groups is 1. The van der Waals surface area contributed by atoms with Gasteiger partial charge >= 0.3 is 6.61 Å². The highest BCUT2D eigenvalue weighted by atomic mass is 35.5. The van der Waals surface area contributed by atoms with Crippen molar-refractivity contribution in [2.45, 2.75) is 11.8 Å². The Bertz CT molecular complexity index is 1200. The molecule has 164 valence electrons. The third-order valence-electron chi connectivity index (χ3n) is 4.15. The second-order valence-electron chi connectivity index (χ2n) is 6.31. The SMILES string of the molecule is O=C(CSc1nnc(-c2ccco2)n1-c1ccccc1)Nc1ccc(OC(F)F)c(Cl)c1. The van der Waals surface area contributed by atoms with E-state index in [0.717, 1.165) is 5.69 Å². The molecule has 0 atom stereocenters. The smallest absolute Gasteiger partial charge is 0.387 e. The molecule has 7 nitrogen and oxygen atoms in total. The van der Waals surface area contributed by atoms with Gasteiger partial charge in [0.1, 0.15) is 5.75 Å². The number of anilines is 1. The number of furan rings is 1. The lowest BCUT2D eigenvalue weighted by molar-refractivity contribution is -0.113. The first-order valence-corrected chi connectivity index (χ1v) is 10.6. The van der Waals surface area contributed by atoms with E-state index in [9.17, 15) is 13.6 Å². The van der Waals surface area contributed by atoms with Gasteiger partial charge in [-0.1, -0.05) is 41.6 Å². The van der Waals surface area contributed by atoms with Gasteiger partial charge in [-0.05, 0) is 42.5 Å². The van der Waals surface area contributed by atoms with Gasteiger partial charge in [-0.3, -0.25) is 9.36 Å². The van der Waals surface area contributed by atoms with E-state index in [1.54, 1.807) is 23.0 Å². The Hall–Kier alpha value is -3.37. The molecular weight excluding hydrogens is 462 g/mol. The number of alkyl halides is 2. The van der Waals surface area contributed by atoms with E-state index < -0.39 is 6.61 Å². The summed E-state index contributed by atoms with van der Waals surface area (Å²) < 4.78 is 36.2. The van der Waals surface area contributed by atoms with Crippen LogP contribution in [0.4, 0.5) is 14.5 Å². The molecule has 1 N–H and O–H groups in total. The quantitative estimate of drug-likeness (QED) is 0.337. The Labute approximate surface area is 190 Å². The Morgan fingerprint density at radius 2 is 1.97 bits per heavy atom. The van der Waals surface area contributed by atoms with E-state index in [4.69, 9.17) is 16.0 Å². The number of halogens is 3. The molecule has 11 heteroatoms. The molecule has 0 unspecified atom stereocenters. The molecule has 0 radical (unpaired) electrons. The van der Waals surface area contributed by atoms with Gasteiger partial charge in [0.25, 0.3) is 0 Å². The number of hydrogen-bond donors (Lipinski definition) is 1. The Morgan fingerprint density at radius 3 is 2.66 bits per heavy atom. The van der Waals surface area contributed by atoms with Gasteiger partial charge in [0, 0.05) is 11.4 Å². The summed E-state index contributed by atoms with van der Waals surface area (Å²) in [6.07, 6.45) is 1.54. The van der Waals surface area contributed by atoms with Gasteiger partial charge in [-0.25, -0.2) is 0 Å². The van der Waals surface area contributed by atoms with Crippen molar-refractivity contribution in [3.63, 3.8) is 0 Å². The molecule has 2 aromatic carbocycles. The summed E-state index contributed by atoms with van der Waals surface area (Å²) in [5.41, 5.74) is 1.16. The van der Waals surface area contributed by atoms with Crippen LogP contribution in [0.5, 0.6) is 5.75 Å². The molecule has 2 heterocycles. The summed E-state index contributed by atoms with van der Waals surface area (Å²) in [6.45, 7) is -2.99. The van der Waals surface area contributed by atoms with Crippen molar-refractivity contribution in [3.8, 4) is 23.0 Å². The molecule has 4 rings (SSSR count). The summed E-state index contributed by atoms with van der Waals surface area (Å²) in [5, 5.41) is 11.5. The van der Waals surface area contributed by atoms with E-state index in [2.05, 4.69) is 20.3 Å². The van der Waals surface area contributed by atoms with E-state index >= 15 is 0 Å². The number of carbonyl (C=O) groups excluding carboxylic acids is 1. The first-order chi connectivity index (χ1) is 15.5. The lowest BCUT2D eigenvalue weighted by Gasteiger charge is -2.10. The maximum Gasteiger partial charge on any atom is 0.387 e. The van der Waals surface area contributed by atoms with Crippen LogP contribution in [0.25, 0.3) is 17.3 Å². The molecule has 32 heavy (non-hydrogen) atoms. The molecule has 0 bridgehead atoms. The molecule has 0 aliphatic rings. The summed E-state index contributed by atoms with van der Waals surface area (Å²) in [7, 11) is 0. The van der Waals surface area contributed by atoms with Crippen molar-refractivity contribution in [1.29, 1.82) is 0 Å². The van der Waals surface area contributed by atoms with Crippen LogP contribution in [-0.4, -0.2) is 33.0 Å². The molecule has 0 aliphatic carbocycles. The van der Waals surface area contributed by atoms with Crippen molar-refractivity contribution < 1.29 is 22.7 Å². The number of carbonyl (C=O) groups is 1. The summed E-state index contributed by atoms with van der Waals surface area (Å²) in [6, 6.07) is 17.0. The summed E-state index contributed by atoms with van der Waals surface area (Å²) >= 11 is 7.11. The minimum Gasteiger partial charge on any atom is -0.461 e. The first-order valence-electron chi connectivity index (χ1n) is 9.23. The molecule has 0 saturated carbocycles. The van der Waals surface area contributed by atoms with E-state index in [-0.39, 0.29) is 22.4 Å². The van der Waals surface area contributed by atoms with E-state index in [0.29, 0.717) is 22.4 Å². The molecule has 0 aliphatic heterocycles. The summed E-state index contributed by atoms with van der Waals surface area (Å²) in [5.74, 6) is 0.561. The van der Waals surface area contributed by atoms with Crippen LogP contribution in [0.15, 0.2) is 76.5 Å². The zero-order valence-corrected chi connectivity index (χ0v) is 17.8. The highest BCUT2D eigenvalue weighted by Gasteiger charge is 2.19. The standard InChI is InChI=1S/C21H15ClF2N4O3S/c22-15-11-13(8-9-16(15)31-20(23)24)25-18(29)12-32-21-27-26-19(17-7-4-10-30-17)28(21)14-5-2-1-3-6-14/h1-11,20H,12H2,(H,25,29). The van der Waals surface area contributed by atoms with Crippen LogP contribution >= 0.6 is 23.4 Å². The van der Waals surface area contributed by atoms with Crippen molar-refractivity contribution in [3.05, 3.63) is 71.9 Å². The predicted octanol–water partition coefficient (Wildman–Crippen LogP) is 5.51. The van der Waals surface area contributed by atoms with Gasteiger partial charge in [0.15, 0.2) is 10.9 Å². The van der Waals surface area contributed by atoms with Crippen molar-refractivity contribution in [1.82, 2.24) is 14.8 Å². The Morgan fingerprint density at radius 1 is 1.16 bits per heavy atom. The zero-order chi connectivity index (χ0) is 22.5. The van der Waals surface area contributed by atoms with Crippen LogP contribution < -0.4 is 10.1 Å². The van der Waals surface area contributed by atoms with Gasteiger partial charge < -0.3 is 14.5 Å². The second kappa shape index (κ2) is 9.84. The normalized spacial score (nSPS) is 11.0. The van der Waals surface area contributed by atoms with Gasteiger partial charge in [-0.2, -0.15) is 8.78 Å². The van der Waals surface area contributed by atoms with Gasteiger partial charge in [-0.15, -0.1) is 10.2 Å². The van der Waals surface area contributed by atoms with E-state index in [1.807, 2.05) is 30.3 Å². The van der Waals surface area contributed by atoms with Crippen LogP contribution in [0.3, 0.4) is 0 Å². The third-order valence-corrected chi connectivity index (χ3v) is 5.38. The Kier molecular flexibility index (Phi) is 6.72. The molecule has 0 spiro atoms. The van der Waals surface area contributed by atoms with Crippen LogP contribution in [0, 0.1) is 0 Å². The molecule has 2 aromatic heterocycles. The number of rotatable bonds is 8. The minimum absolute atomic E-state index is 0.0238. The largest absolute Gasteiger partial charge is 0.461 e. The number of hydrogen-bond acceptors (Lipinski definition) is 6. The molecule has 1 amide bonds. The van der Waals surface area contributed by atoms with Crippen LogP contribution in [-0.2, 0) is 4.79 Å². The predicted molar refractivity (Wildman–Crippen MR) is 116 cm³/mol. The fourth-order valence-corrected chi connectivity index (χ4v) is 3.81. The van der Waals surface area contributed by atoms with Crippen LogP contribution in [0.1, 0.15) is 0 Å². The second-order valence-corrected chi connectivity index (χ2v) is 7.66. The summed E-state index contributed by atoms with van der Waals surface area (Å²) in [4.78, 5) is 12.4. The average Bonchev–Trinajstić information content (AvgIpc) is 3.44. The fourth-order valence-electron chi connectivity index (χ4n) is 2.84. The number of nitrogens with zero attached hydrogens (tertiary/aromatic N) is 3. The minimum atomic E-state index is -2.99. The monoisotopic (exact) mass is 476 g/mol. The maximum absolute atomic E-state index is 12.4. The lowest BCUT2D eigenvalue weighted by Crippen LogP contribution is -2.14. The van der Waals surface area contributed by atoms with Crippen LogP contribution in [0.2, 0.25) is 5.02 Å². The zero-order valence-electron chi connectivity index (χ0n) is 16.2. The highest BCUT2D eigenvalue weighted by molar-refractivity contribution is 7.99. The third kappa shape index (κ3) is 5.09. The lowest BCUT2D eigenvalue weighted by atomic mass is 10.3. The van der Waals surface area contributed by atoms with Gasteiger partial charge in [0.2, 0.25) is 11.7 Å². The number of ether oxygens (including phenoxy) is 1. The Balaban J connectivity index is 1.48. The molecular formula is C21H15ClF2N4O3S. The number of para-hydroxylation sites is 1. The number of aromatic nitrogens is 3. The van der Waals surface area contributed by atoms with Crippen molar-refractivity contribution in [2.75, 3.05) is 11.1 Å². The maximum atomic E-state index is 12.4. The van der Waals surface area contributed by atoms with Crippen molar-refractivity contribution >= 4 is 35.0 Å². The number of amides is 1. The average molecular weight is 477 g/mol. The molecule has 0 saturated heterocycles. The van der Waals surface area contributed by atoms with E-state index in [1.165, 1.54) is 30.0 Å². The molecule has 4 aromatic rings. The number of benzene rings is 2. The number of nitrogens with one attached hydrogen (secondary N) is 1. The molecule has 0 fully saturated rings. The van der Waals surface area contributed by atoms with Gasteiger partial charge in [0.05, 0.1) is 17.0 Å². The first kappa shape index (κ1) is 21.8. The topological polar surface area (TPSA) is 82.2 Å². The fraction of sp³-hybridized carbons (Fsp3) is 0.0952.